The van der Waals surface area contributed by atoms with Crippen molar-refractivity contribution in [2.24, 2.45) is 0 Å². The number of amides is 2. The SMILES string of the molecule is CCOCCNC(=O)N1CC(C(=O)O)c2ccccc21. The molecule has 1 aliphatic heterocycles. The minimum Gasteiger partial charge on any atom is -0.481 e. The third kappa shape index (κ3) is 2.91. The number of benzene rings is 1. The third-order valence-corrected chi connectivity index (χ3v) is 3.24. The van der Waals surface area contributed by atoms with Crippen molar-refractivity contribution in [3.8, 4) is 0 Å². The minimum atomic E-state index is -0.915. The van der Waals surface area contributed by atoms with Gasteiger partial charge in [-0.25, -0.2) is 4.79 Å². The lowest BCUT2D eigenvalue weighted by Crippen LogP contribution is -2.41. The Balaban J connectivity index is 2.06. The summed E-state index contributed by atoms with van der Waals surface area (Å²) in [5.41, 5.74) is 1.34. The van der Waals surface area contributed by atoms with E-state index in [1.54, 1.807) is 24.3 Å². The van der Waals surface area contributed by atoms with Crippen LogP contribution in [0.2, 0.25) is 0 Å². The number of nitrogens with zero attached hydrogens (tertiary/aromatic N) is 1. The number of nitrogens with one attached hydrogen (secondary N) is 1. The van der Waals surface area contributed by atoms with E-state index in [2.05, 4.69) is 5.32 Å². The number of rotatable bonds is 5. The number of fused-ring (bicyclic) bond motifs is 1. The molecular formula is C14H18N2O4. The van der Waals surface area contributed by atoms with Gasteiger partial charge in [0.25, 0.3) is 0 Å². The van der Waals surface area contributed by atoms with Crippen molar-refractivity contribution in [3.63, 3.8) is 0 Å². The number of carboxylic acid groups (broad SMARTS) is 1. The molecule has 2 rings (SSSR count). The van der Waals surface area contributed by atoms with E-state index in [4.69, 9.17) is 4.74 Å². The molecule has 1 atom stereocenters. The second-order valence-electron chi connectivity index (χ2n) is 4.49. The molecule has 0 fully saturated rings. The highest BCUT2D eigenvalue weighted by atomic mass is 16.5. The topological polar surface area (TPSA) is 78.9 Å². The molecule has 108 valence electrons. The summed E-state index contributed by atoms with van der Waals surface area (Å²) >= 11 is 0. The van der Waals surface area contributed by atoms with Gasteiger partial charge < -0.3 is 15.2 Å². The fraction of sp³-hybridized carbons (Fsp3) is 0.429. The van der Waals surface area contributed by atoms with Crippen LogP contribution < -0.4 is 10.2 Å². The van der Waals surface area contributed by atoms with Crippen molar-refractivity contribution >= 4 is 17.7 Å². The first-order valence-corrected chi connectivity index (χ1v) is 6.60. The summed E-state index contributed by atoms with van der Waals surface area (Å²) < 4.78 is 5.15. The van der Waals surface area contributed by atoms with Gasteiger partial charge in [-0.2, -0.15) is 0 Å². The molecule has 1 heterocycles. The molecular weight excluding hydrogens is 260 g/mol. The fourth-order valence-corrected chi connectivity index (χ4v) is 2.28. The Labute approximate surface area is 117 Å². The van der Waals surface area contributed by atoms with Crippen LogP contribution in [0.25, 0.3) is 0 Å². The Morgan fingerprint density at radius 2 is 2.20 bits per heavy atom. The average molecular weight is 278 g/mol. The third-order valence-electron chi connectivity index (χ3n) is 3.24. The maximum absolute atomic E-state index is 12.1. The lowest BCUT2D eigenvalue weighted by Gasteiger charge is -2.18. The number of carbonyl (C=O) groups excluding carboxylic acids is 1. The molecule has 0 spiro atoms. The predicted octanol–water partition coefficient (Wildman–Crippen LogP) is 1.42. The van der Waals surface area contributed by atoms with Crippen LogP contribution in [-0.4, -0.2) is 43.4 Å². The summed E-state index contributed by atoms with van der Waals surface area (Å²) in [6.07, 6.45) is 0. The molecule has 0 saturated carbocycles. The van der Waals surface area contributed by atoms with E-state index in [1.165, 1.54) is 4.90 Å². The van der Waals surface area contributed by atoms with Crippen LogP contribution in [0.4, 0.5) is 10.5 Å². The molecule has 0 aromatic heterocycles. The molecule has 6 heteroatoms. The molecule has 1 unspecified atom stereocenters. The number of carbonyl (C=O) groups is 2. The number of para-hydroxylation sites is 1. The van der Waals surface area contributed by atoms with Gasteiger partial charge >= 0.3 is 12.0 Å². The van der Waals surface area contributed by atoms with Gasteiger partial charge in [-0.1, -0.05) is 18.2 Å². The predicted molar refractivity (Wildman–Crippen MR) is 74.1 cm³/mol. The first-order chi connectivity index (χ1) is 9.65. The van der Waals surface area contributed by atoms with Crippen LogP contribution in [0.15, 0.2) is 24.3 Å². The summed E-state index contributed by atoms with van der Waals surface area (Å²) in [4.78, 5) is 24.8. The molecule has 0 radical (unpaired) electrons. The lowest BCUT2D eigenvalue weighted by atomic mass is 10.0. The Kier molecular flexibility index (Phi) is 4.57. The number of anilines is 1. The minimum absolute atomic E-state index is 0.162. The van der Waals surface area contributed by atoms with E-state index >= 15 is 0 Å². The number of carboxylic acids is 1. The number of ether oxygens (including phenoxy) is 1. The maximum atomic E-state index is 12.1. The van der Waals surface area contributed by atoms with Crippen molar-refractivity contribution in [1.82, 2.24) is 5.32 Å². The monoisotopic (exact) mass is 278 g/mol. The summed E-state index contributed by atoms with van der Waals surface area (Å²) in [5.74, 6) is -1.58. The van der Waals surface area contributed by atoms with Crippen LogP contribution in [0.1, 0.15) is 18.4 Å². The zero-order chi connectivity index (χ0) is 14.5. The molecule has 1 aromatic carbocycles. The van der Waals surface area contributed by atoms with Crippen LogP contribution in [-0.2, 0) is 9.53 Å². The van der Waals surface area contributed by atoms with Crippen molar-refractivity contribution in [3.05, 3.63) is 29.8 Å². The Bertz CT molecular complexity index is 504. The highest BCUT2D eigenvalue weighted by Crippen LogP contribution is 2.36. The quantitative estimate of drug-likeness (QED) is 0.798. The summed E-state index contributed by atoms with van der Waals surface area (Å²) in [7, 11) is 0. The van der Waals surface area contributed by atoms with E-state index < -0.39 is 11.9 Å². The molecule has 6 nitrogen and oxygen atoms in total. The van der Waals surface area contributed by atoms with E-state index in [0.29, 0.717) is 31.0 Å². The zero-order valence-corrected chi connectivity index (χ0v) is 11.3. The van der Waals surface area contributed by atoms with Crippen molar-refractivity contribution in [2.45, 2.75) is 12.8 Å². The second kappa shape index (κ2) is 6.38. The number of hydrogen-bond acceptors (Lipinski definition) is 3. The van der Waals surface area contributed by atoms with Crippen LogP contribution in [0, 0.1) is 0 Å². The van der Waals surface area contributed by atoms with E-state index in [1.807, 2.05) is 6.92 Å². The van der Waals surface area contributed by atoms with Gasteiger partial charge in [0.1, 0.15) is 5.92 Å². The second-order valence-corrected chi connectivity index (χ2v) is 4.49. The molecule has 20 heavy (non-hydrogen) atoms. The van der Waals surface area contributed by atoms with Crippen LogP contribution >= 0.6 is 0 Å². The van der Waals surface area contributed by atoms with Gasteiger partial charge in [-0.05, 0) is 18.6 Å². The molecule has 0 aliphatic carbocycles. The highest BCUT2D eigenvalue weighted by Gasteiger charge is 2.36. The number of hydrogen-bond donors (Lipinski definition) is 2. The van der Waals surface area contributed by atoms with Crippen molar-refractivity contribution < 1.29 is 19.4 Å². The summed E-state index contributed by atoms with van der Waals surface area (Å²) in [6, 6.07) is 6.80. The number of aliphatic carboxylic acids is 1. The van der Waals surface area contributed by atoms with Gasteiger partial charge in [0.05, 0.1) is 6.61 Å². The molecule has 0 bridgehead atoms. The first kappa shape index (κ1) is 14.3. The molecule has 1 aromatic rings. The normalized spacial score (nSPS) is 16.9. The van der Waals surface area contributed by atoms with Gasteiger partial charge in [-0.15, -0.1) is 0 Å². The highest BCUT2D eigenvalue weighted by molar-refractivity contribution is 5.98. The Morgan fingerprint density at radius 1 is 1.45 bits per heavy atom. The molecule has 2 amide bonds. The first-order valence-electron chi connectivity index (χ1n) is 6.60. The molecule has 2 N–H and O–H groups in total. The van der Waals surface area contributed by atoms with Crippen molar-refractivity contribution in [1.29, 1.82) is 0 Å². The lowest BCUT2D eigenvalue weighted by molar-refractivity contribution is -0.138. The summed E-state index contributed by atoms with van der Waals surface area (Å²) in [6.45, 7) is 3.50. The average Bonchev–Trinajstić information content (AvgIpc) is 2.83. The Morgan fingerprint density at radius 3 is 2.90 bits per heavy atom. The number of urea groups is 1. The van der Waals surface area contributed by atoms with Crippen LogP contribution in [0.3, 0.4) is 0 Å². The van der Waals surface area contributed by atoms with Gasteiger partial charge in [-0.3, -0.25) is 9.69 Å². The van der Waals surface area contributed by atoms with E-state index in [-0.39, 0.29) is 12.6 Å². The maximum Gasteiger partial charge on any atom is 0.321 e. The van der Waals surface area contributed by atoms with Crippen molar-refractivity contribution in [2.75, 3.05) is 31.2 Å². The standard InChI is InChI=1S/C14H18N2O4/c1-2-20-8-7-15-14(19)16-9-11(13(17)18)10-5-3-4-6-12(10)16/h3-6,11H,2,7-9H2,1H3,(H,15,19)(H,17,18). The Hall–Kier alpha value is -2.08. The smallest absolute Gasteiger partial charge is 0.321 e. The molecule has 1 aliphatic rings. The van der Waals surface area contributed by atoms with Gasteiger partial charge in [0.15, 0.2) is 0 Å². The molecule has 0 saturated heterocycles. The summed E-state index contributed by atoms with van der Waals surface area (Å²) in [5, 5.41) is 12.0. The fourth-order valence-electron chi connectivity index (χ4n) is 2.28. The van der Waals surface area contributed by atoms with E-state index in [0.717, 1.165) is 0 Å². The van der Waals surface area contributed by atoms with Gasteiger partial charge in [0.2, 0.25) is 0 Å². The van der Waals surface area contributed by atoms with Crippen LogP contribution in [0.5, 0.6) is 0 Å². The zero-order valence-electron chi connectivity index (χ0n) is 11.3. The van der Waals surface area contributed by atoms with Gasteiger partial charge in [0, 0.05) is 25.4 Å². The van der Waals surface area contributed by atoms with E-state index in [9.17, 15) is 14.7 Å². The largest absolute Gasteiger partial charge is 0.481 e.